The minimum atomic E-state index is 0.629. The molecule has 0 aliphatic carbocycles. The first-order valence-corrected chi connectivity index (χ1v) is 18.3. The molecule has 0 aliphatic heterocycles. The zero-order chi connectivity index (χ0) is 35.8. The van der Waals surface area contributed by atoms with Crippen molar-refractivity contribution in [1.82, 2.24) is 15.0 Å². The van der Waals surface area contributed by atoms with Crippen LogP contribution in [0.25, 0.3) is 99.9 Å². The number of rotatable bonds is 6. The molecule has 0 spiro atoms. The maximum absolute atomic E-state index is 5.21. The molecule has 0 aliphatic rings. The van der Waals surface area contributed by atoms with E-state index in [4.69, 9.17) is 15.0 Å². The van der Waals surface area contributed by atoms with Crippen LogP contribution in [0.5, 0.6) is 0 Å². The van der Waals surface area contributed by atoms with Crippen molar-refractivity contribution < 1.29 is 0 Å². The molecule has 9 aromatic carbocycles. The lowest BCUT2D eigenvalue weighted by Crippen LogP contribution is -2.01. The van der Waals surface area contributed by atoms with E-state index in [0.717, 1.165) is 33.4 Å². The number of aromatic nitrogens is 3. The highest BCUT2D eigenvalue weighted by Gasteiger charge is 2.20. The molecule has 0 N–H and O–H groups in total. The molecule has 0 atom stereocenters. The Morgan fingerprint density at radius 2 is 0.667 bits per heavy atom. The topological polar surface area (TPSA) is 38.7 Å². The number of nitrogens with zero attached hydrogens (tertiary/aromatic N) is 3. The maximum Gasteiger partial charge on any atom is 0.164 e. The molecule has 0 unspecified atom stereocenters. The number of benzene rings is 9. The summed E-state index contributed by atoms with van der Waals surface area (Å²) in [5, 5.41) is 7.33. The van der Waals surface area contributed by atoms with Crippen LogP contribution < -0.4 is 0 Å². The van der Waals surface area contributed by atoms with Crippen LogP contribution >= 0.6 is 0 Å². The van der Waals surface area contributed by atoms with Crippen LogP contribution in [0.3, 0.4) is 0 Å². The van der Waals surface area contributed by atoms with Crippen molar-refractivity contribution in [3.8, 4) is 67.5 Å². The fourth-order valence-corrected chi connectivity index (χ4v) is 7.88. The predicted octanol–water partition coefficient (Wildman–Crippen LogP) is 13.3. The Balaban J connectivity index is 1.19. The lowest BCUT2D eigenvalue weighted by atomic mass is 9.84. The van der Waals surface area contributed by atoms with Gasteiger partial charge in [-0.15, -0.1) is 0 Å². The lowest BCUT2D eigenvalue weighted by molar-refractivity contribution is 1.07. The smallest absolute Gasteiger partial charge is 0.164 e. The second-order valence-corrected chi connectivity index (χ2v) is 13.5. The lowest BCUT2D eigenvalue weighted by Gasteiger charge is -2.19. The highest BCUT2D eigenvalue weighted by Crippen LogP contribution is 2.45. The van der Waals surface area contributed by atoms with Gasteiger partial charge in [0.05, 0.1) is 0 Å². The summed E-state index contributed by atoms with van der Waals surface area (Å²) in [4.78, 5) is 15.4. The summed E-state index contributed by atoms with van der Waals surface area (Å²) in [6.45, 7) is 0. The second-order valence-electron chi connectivity index (χ2n) is 13.5. The molecule has 10 rings (SSSR count). The minimum absolute atomic E-state index is 0.629. The highest BCUT2D eigenvalue weighted by molar-refractivity contribution is 6.23. The SMILES string of the molecule is c1ccc(-c2nc(-c3cccc(-c4c5ccccc5c(-c5cccc6ccccc56)c5ccccc45)c3)nc(-c3ccccc3-c3ccccc3)n2)cc1. The van der Waals surface area contributed by atoms with Gasteiger partial charge in [0.2, 0.25) is 0 Å². The Morgan fingerprint density at radius 1 is 0.241 bits per heavy atom. The van der Waals surface area contributed by atoms with Gasteiger partial charge >= 0.3 is 0 Å². The zero-order valence-electron chi connectivity index (χ0n) is 29.4. The van der Waals surface area contributed by atoms with Gasteiger partial charge in [-0.1, -0.05) is 194 Å². The van der Waals surface area contributed by atoms with E-state index in [1.807, 2.05) is 30.3 Å². The predicted molar refractivity (Wildman–Crippen MR) is 225 cm³/mol. The maximum atomic E-state index is 5.21. The van der Waals surface area contributed by atoms with Gasteiger partial charge in [0.1, 0.15) is 0 Å². The normalized spacial score (nSPS) is 11.3. The van der Waals surface area contributed by atoms with Crippen LogP contribution in [-0.4, -0.2) is 15.0 Å². The standard InChI is InChI=1S/C51H33N3/c1-3-17-34(18-4-1)40-26-9-14-31-46(40)51-53-49(36-20-5-2-6-21-36)52-50(54-51)38-24-15-23-37(33-38)47-42-27-10-12-29-44(42)48(45-30-13-11-28-43(45)47)41-32-16-22-35-19-7-8-25-39(35)41/h1-33H. The van der Waals surface area contributed by atoms with Crippen molar-refractivity contribution in [3.63, 3.8) is 0 Å². The first-order valence-electron chi connectivity index (χ1n) is 18.3. The number of fused-ring (bicyclic) bond motifs is 3. The fourth-order valence-electron chi connectivity index (χ4n) is 7.88. The van der Waals surface area contributed by atoms with Crippen molar-refractivity contribution in [2.24, 2.45) is 0 Å². The van der Waals surface area contributed by atoms with Crippen LogP contribution in [0.1, 0.15) is 0 Å². The van der Waals surface area contributed by atoms with E-state index >= 15 is 0 Å². The van der Waals surface area contributed by atoms with E-state index in [0.29, 0.717) is 17.5 Å². The van der Waals surface area contributed by atoms with Crippen LogP contribution in [0.4, 0.5) is 0 Å². The van der Waals surface area contributed by atoms with Gasteiger partial charge in [-0.2, -0.15) is 0 Å². The molecular weight excluding hydrogens is 655 g/mol. The first kappa shape index (κ1) is 31.5. The van der Waals surface area contributed by atoms with Gasteiger partial charge in [-0.25, -0.2) is 15.0 Å². The Labute approximate surface area is 313 Å². The molecule has 1 aromatic heterocycles. The van der Waals surface area contributed by atoms with E-state index in [9.17, 15) is 0 Å². The molecule has 0 bridgehead atoms. The molecule has 252 valence electrons. The second kappa shape index (κ2) is 13.4. The van der Waals surface area contributed by atoms with Crippen LogP contribution in [-0.2, 0) is 0 Å². The Hall–Kier alpha value is -7.23. The highest BCUT2D eigenvalue weighted by atomic mass is 15.0. The van der Waals surface area contributed by atoms with E-state index in [2.05, 4.69) is 170 Å². The number of hydrogen-bond acceptors (Lipinski definition) is 3. The molecule has 3 heteroatoms. The largest absolute Gasteiger partial charge is 0.208 e. The van der Waals surface area contributed by atoms with Crippen molar-refractivity contribution >= 4 is 32.3 Å². The van der Waals surface area contributed by atoms with E-state index in [1.54, 1.807) is 0 Å². The molecule has 1 heterocycles. The van der Waals surface area contributed by atoms with Gasteiger partial charge in [0.15, 0.2) is 17.5 Å². The van der Waals surface area contributed by atoms with Crippen molar-refractivity contribution in [3.05, 3.63) is 200 Å². The monoisotopic (exact) mass is 687 g/mol. The molecule has 10 aromatic rings. The molecule has 0 radical (unpaired) electrons. The molecule has 0 fully saturated rings. The summed E-state index contributed by atoms with van der Waals surface area (Å²) in [5.41, 5.74) is 9.81. The third kappa shape index (κ3) is 5.51. The molecule has 3 nitrogen and oxygen atoms in total. The van der Waals surface area contributed by atoms with Crippen molar-refractivity contribution in [2.45, 2.75) is 0 Å². The molecule has 54 heavy (non-hydrogen) atoms. The zero-order valence-corrected chi connectivity index (χ0v) is 29.4. The van der Waals surface area contributed by atoms with Crippen molar-refractivity contribution in [1.29, 1.82) is 0 Å². The van der Waals surface area contributed by atoms with Crippen LogP contribution in [0, 0.1) is 0 Å². The van der Waals surface area contributed by atoms with Crippen LogP contribution in [0.15, 0.2) is 200 Å². The average Bonchev–Trinajstić information content (AvgIpc) is 3.26. The molecule has 0 amide bonds. The number of hydrogen-bond donors (Lipinski definition) is 0. The summed E-state index contributed by atoms with van der Waals surface area (Å²) in [6, 6.07) is 70.5. The average molecular weight is 688 g/mol. The third-order valence-corrected chi connectivity index (χ3v) is 10.3. The minimum Gasteiger partial charge on any atom is -0.208 e. The molecule has 0 saturated heterocycles. The van der Waals surface area contributed by atoms with Gasteiger partial charge in [-0.05, 0) is 71.8 Å². The Bertz CT molecular complexity index is 2930. The molecule has 0 saturated carbocycles. The first-order chi connectivity index (χ1) is 26.8. The van der Waals surface area contributed by atoms with E-state index in [1.165, 1.54) is 49.0 Å². The Morgan fingerprint density at radius 3 is 1.35 bits per heavy atom. The van der Waals surface area contributed by atoms with Crippen molar-refractivity contribution in [2.75, 3.05) is 0 Å². The summed E-state index contributed by atoms with van der Waals surface area (Å²) in [7, 11) is 0. The third-order valence-electron chi connectivity index (χ3n) is 10.3. The summed E-state index contributed by atoms with van der Waals surface area (Å²) >= 11 is 0. The van der Waals surface area contributed by atoms with E-state index in [-0.39, 0.29) is 0 Å². The van der Waals surface area contributed by atoms with E-state index < -0.39 is 0 Å². The fraction of sp³-hybridized carbons (Fsp3) is 0. The Kier molecular flexibility index (Phi) is 7.81. The summed E-state index contributed by atoms with van der Waals surface area (Å²) in [5.74, 6) is 1.91. The molecular formula is C51H33N3. The summed E-state index contributed by atoms with van der Waals surface area (Å²) in [6.07, 6.45) is 0. The van der Waals surface area contributed by atoms with Gasteiger partial charge in [-0.3, -0.25) is 0 Å². The van der Waals surface area contributed by atoms with Crippen LogP contribution in [0.2, 0.25) is 0 Å². The van der Waals surface area contributed by atoms with Gasteiger partial charge < -0.3 is 0 Å². The quantitative estimate of drug-likeness (QED) is 0.163. The van der Waals surface area contributed by atoms with Gasteiger partial charge in [0, 0.05) is 16.7 Å². The summed E-state index contributed by atoms with van der Waals surface area (Å²) < 4.78 is 0. The van der Waals surface area contributed by atoms with Gasteiger partial charge in [0.25, 0.3) is 0 Å².